The number of aromatic nitrogens is 1. The molecule has 1 N–H and O–H groups in total. The van der Waals surface area contributed by atoms with Gasteiger partial charge in [0.05, 0.1) is 17.1 Å². The molecule has 0 spiro atoms. The third kappa shape index (κ3) is 4.61. The van der Waals surface area contributed by atoms with Crippen LogP contribution >= 0.6 is 23.1 Å². The second kappa shape index (κ2) is 7.71. The number of hydrogen-bond acceptors (Lipinski definition) is 4. The average Bonchev–Trinajstić information content (AvgIpc) is 3.05. The first-order chi connectivity index (χ1) is 12.0. The number of rotatable bonds is 5. The van der Waals surface area contributed by atoms with Crippen molar-refractivity contribution in [2.45, 2.75) is 4.34 Å². The molecule has 0 unspecified atom stereocenters. The van der Waals surface area contributed by atoms with E-state index in [2.05, 4.69) is 10.3 Å². The number of hydrogen-bond donors (Lipinski definition) is 1. The van der Waals surface area contributed by atoms with Crippen LogP contribution in [0.15, 0.2) is 52.2 Å². The lowest BCUT2D eigenvalue weighted by Crippen LogP contribution is -2.15. The molecule has 1 aromatic heterocycles. The molecule has 1 amide bonds. The van der Waals surface area contributed by atoms with Crippen molar-refractivity contribution >= 4 is 34.7 Å². The van der Waals surface area contributed by atoms with Crippen molar-refractivity contribution < 1.29 is 18.0 Å². The van der Waals surface area contributed by atoms with Gasteiger partial charge < -0.3 is 5.32 Å². The summed E-state index contributed by atoms with van der Waals surface area (Å²) >= 11 is 2.56. The van der Waals surface area contributed by atoms with Crippen molar-refractivity contribution in [3.8, 4) is 11.3 Å². The van der Waals surface area contributed by atoms with E-state index in [1.54, 1.807) is 12.1 Å². The number of nitrogens with zero attached hydrogens (tertiary/aromatic N) is 1. The highest BCUT2D eigenvalue weighted by molar-refractivity contribution is 8.01. The molecular weight excluding hydrogens is 369 g/mol. The Morgan fingerprint density at radius 2 is 1.80 bits per heavy atom. The molecule has 0 atom stereocenters. The minimum atomic E-state index is -0.828. The third-order valence-electron chi connectivity index (χ3n) is 3.16. The Hall–Kier alpha value is -2.32. The van der Waals surface area contributed by atoms with Crippen LogP contribution in [0.4, 0.5) is 18.9 Å². The van der Waals surface area contributed by atoms with Gasteiger partial charge in [-0.25, -0.2) is 18.2 Å². The molecule has 1 heterocycles. The number of thiazole rings is 1. The fourth-order valence-corrected chi connectivity index (χ4v) is 3.62. The first-order valence-electron chi connectivity index (χ1n) is 7.10. The predicted octanol–water partition coefficient (Wildman–Crippen LogP) is 4.96. The van der Waals surface area contributed by atoms with Crippen molar-refractivity contribution in [1.82, 2.24) is 4.98 Å². The first-order valence-corrected chi connectivity index (χ1v) is 8.97. The lowest BCUT2D eigenvalue weighted by atomic mass is 10.2. The molecule has 0 radical (unpaired) electrons. The third-order valence-corrected chi connectivity index (χ3v) is 5.18. The number of benzene rings is 2. The zero-order valence-electron chi connectivity index (χ0n) is 12.6. The molecule has 0 bridgehead atoms. The number of halogens is 3. The Morgan fingerprint density at radius 3 is 2.52 bits per heavy atom. The largest absolute Gasteiger partial charge is 0.323 e. The van der Waals surface area contributed by atoms with Crippen LogP contribution in [-0.4, -0.2) is 16.6 Å². The minimum Gasteiger partial charge on any atom is -0.323 e. The summed E-state index contributed by atoms with van der Waals surface area (Å²) in [6.45, 7) is 0. The molecule has 3 aromatic rings. The number of thioether (sulfide) groups is 1. The van der Waals surface area contributed by atoms with E-state index in [0.717, 1.165) is 11.6 Å². The first kappa shape index (κ1) is 17.5. The average molecular weight is 380 g/mol. The van der Waals surface area contributed by atoms with Crippen LogP contribution in [0.1, 0.15) is 0 Å². The van der Waals surface area contributed by atoms with Gasteiger partial charge in [-0.05, 0) is 36.4 Å². The molecular formula is C17H11F3N2OS2. The Labute approximate surface area is 149 Å². The van der Waals surface area contributed by atoms with Crippen LogP contribution in [0.2, 0.25) is 0 Å². The highest BCUT2D eigenvalue weighted by Gasteiger charge is 2.11. The van der Waals surface area contributed by atoms with Crippen molar-refractivity contribution in [3.63, 3.8) is 0 Å². The van der Waals surface area contributed by atoms with Gasteiger partial charge in [0.1, 0.15) is 17.5 Å². The molecule has 8 heteroatoms. The summed E-state index contributed by atoms with van der Waals surface area (Å²) in [6, 6.07) is 8.91. The molecule has 0 aliphatic heterocycles. The molecule has 0 fully saturated rings. The summed E-state index contributed by atoms with van der Waals surface area (Å²) in [7, 11) is 0. The molecule has 25 heavy (non-hydrogen) atoms. The van der Waals surface area contributed by atoms with Crippen molar-refractivity contribution in [2.75, 3.05) is 11.1 Å². The molecule has 3 nitrogen and oxygen atoms in total. The Bertz CT molecular complexity index is 897. The highest BCUT2D eigenvalue weighted by Crippen LogP contribution is 2.28. The van der Waals surface area contributed by atoms with Gasteiger partial charge in [-0.15, -0.1) is 11.3 Å². The van der Waals surface area contributed by atoms with E-state index in [4.69, 9.17) is 0 Å². The zero-order valence-corrected chi connectivity index (χ0v) is 14.3. The molecule has 2 aromatic carbocycles. The van der Waals surface area contributed by atoms with Gasteiger partial charge >= 0.3 is 0 Å². The normalized spacial score (nSPS) is 10.7. The Balaban J connectivity index is 1.58. The summed E-state index contributed by atoms with van der Waals surface area (Å²) in [4.78, 5) is 16.3. The number of amides is 1. The van der Waals surface area contributed by atoms with Gasteiger partial charge in [0.15, 0.2) is 4.34 Å². The van der Waals surface area contributed by atoms with Gasteiger partial charge in [-0.1, -0.05) is 11.8 Å². The predicted molar refractivity (Wildman–Crippen MR) is 93.2 cm³/mol. The van der Waals surface area contributed by atoms with Crippen LogP contribution in [0, 0.1) is 17.5 Å². The molecule has 0 saturated carbocycles. The van der Waals surface area contributed by atoms with Gasteiger partial charge in [-0.3, -0.25) is 4.79 Å². The van der Waals surface area contributed by atoms with E-state index in [9.17, 15) is 18.0 Å². The molecule has 3 rings (SSSR count). The zero-order chi connectivity index (χ0) is 17.8. The summed E-state index contributed by atoms with van der Waals surface area (Å²) in [6.07, 6.45) is 0. The van der Waals surface area contributed by atoms with Crippen molar-refractivity contribution in [3.05, 3.63) is 65.3 Å². The van der Waals surface area contributed by atoms with Crippen LogP contribution in [-0.2, 0) is 4.79 Å². The van der Waals surface area contributed by atoms with Crippen LogP contribution in [0.3, 0.4) is 0 Å². The number of carbonyl (C=O) groups is 1. The lowest BCUT2D eigenvalue weighted by Gasteiger charge is -2.05. The molecule has 128 valence electrons. The number of anilines is 1. The maximum Gasteiger partial charge on any atom is 0.234 e. The summed E-state index contributed by atoms with van der Waals surface area (Å²) in [5, 5.41) is 4.20. The van der Waals surface area contributed by atoms with E-state index in [-0.39, 0.29) is 17.3 Å². The van der Waals surface area contributed by atoms with Crippen LogP contribution < -0.4 is 5.32 Å². The molecule has 0 saturated heterocycles. The van der Waals surface area contributed by atoms with E-state index in [0.29, 0.717) is 16.1 Å². The second-order valence-corrected chi connectivity index (χ2v) is 7.05. The maximum atomic E-state index is 13.5. The van der Waals surface area contributed by atoms with E-state index in [1.807, 2.05) is 5.38 Å². The standard InChI is InChI=1S/C17H11F3N2OS2/c18-11-3-1-10(2-4-11)15-8-24-17(22-15)25-9-16(23)21-14-6-5-12(19)7-13(14)20/h1-8H,9H2,(H,21,23). The SMILES string of the molecule is O=C(CSc1nc(-c2ccc(F)cc2)cs1)Nc1ccc(F)cc1F. The Morgan fingerprint density at radius 1 is 1.08 bits per heavy atom. The minimum absolute atomic E-state index is 0.0349. The lowest BCUT2D eigenvalue weighted by molar-refractivity contribution is -0.113. The number of nitrogens with one attached hydrogen (secondary N) is 1. The van der Waals surface area contributed by atoms with E-state index in [1.165, 1.54) is 41.3 Å². The fraction of sp³-hybridized carbons (Fsp3) is 0.0588. The van der Waals surface area contributed by atoms with Gasteiger partial charge in [-0.2, -0.15) is 0 Å². The molecule has 0 aliphatic rings. The maximum absolute atomic E-state index is 13.5. The van der Waals surface area contributed by atoms with Crippen molar-refractivity contribution in [1.29, 1.82) is 0 Å². The monoisotopic (exact) mass is 380 g/mol. The van der Waals surface area contributed by atoms with Crippen molar-refractivity contribution in [2.24, 2.45) is 0 Å². The van der Waals surface area contributed by atoms with Gasteiger partial charge in [0.25, 0.3) is 0 Å². The smallest absolute Gasteiger partial charge is 0.234 e. The van der Waals surface area contributed by atoms with Crippen LogP contribution in [0.25, 0.3) is 11.3 Å². The fourth-order valence-electron chi connectivity index (χ4n) is 1.98. The van der Waals surface area contributed by atoms with E-state index < -0.39 is 17.5 Å². The molecule has 0 aliphatic carbocycles. The topological polar surface area (TPSA) is 42.0 Å². The summed E-state index contributed by atoms with van der Waals surface area (Å²) in [5.41, 5.74) is 1.40. The Kier molecular flexibility index (Phi) is 5.40. The quantitative estimate of drug-likeness (QED) is 0.636. The van der Waals surface area contributed by atoms with Gasteiger partial charge in [0.2, 0.25) is 5.91 Å². The highest BCUT2D eigenvalue weighted by atomic mass is 32.2. The number of carbonyl (C=O) groups excluding carboxylic acids is 1. The summed E-state index contributed by atoms with van der Waals surface area (Å²) < 4.78 is 39.9. The summed E-state index contributed by atoms with van der Waals surface area (Å²) in [5.74, 6) is -2.24. The van der Waals surface area contributed by atoms with Gasteiger partial charge in [0, 0.05) is 17.0 Å². The van der Waals surface area contributed by atoms with E-state index >= 15 is 0 Å². The second-order valence-electron chi connectivity index (χ2n) is 4.97. The van der Waals surface area contributed by atoms with Crippen LogP contribution in [0.5, 0.6) is 0 Å².